The maximum absolute atomic E-state index is 12.3. The van der Waals surface area contributed by atoms with Crippen molar-refractivity contribution >= 4 is 34.7 Å². The van der Waals surface area contributed by atoms with Crippen LogP contribution in [0.15, 0.2) is 29.4 Å². The van der Waals surface area contributed by atoms with E-state index in [1.165, 1.54) is 43.5 Å². The first-order valence-corrected chi connectivity index (χ1v) is 10.4. The first-order valence-electron chi connectivity index (χ1n) is 9.36. The van der Waals surface area contributed by atoms with Crippen LogP contribution in [0.1, 0.15) is 65.5 Å². The summed E-state index contributed by atoms with van der Waals surface area (Å²) in [5.41, 5.74) is 6.67. The fourth-order valence-electron chi connectivity index (χ4n) is 3.86. The maximum Gasteiger partial charge on any atom is 0.271 e. The molecule has 2 aromatic rings. The summed E-state index contributed by atoms with van der Waals surface area (Å²) in [4.78, 5) is 12.3. The molecule has 1 aromatic carbocycles. The second-order valence-electron chi connectivity index (χ2n) is 7.04. The highest BCUT2D eigenvalue weighted by atomic mass is 127. The number of rotatable bonds is 5. The number of halogens is 1. The van der Waals surface area contributed by atoms with Gasteiger partial charge in [-0.3, -0.25) is 4.79 Å². The number of hydrogen-bond donors (Lipinski definition) is 1. The summed E-state index contributed by atoms with van der Waals surface area (Å²) in [6.45, 7) is 4.28. The standard InChI is InChI=1S/C21H26IN3O2/c1-14-11-17(15(2)25(14)18-7-5-4-6-8-18)13-23-24-21(26)16-9-10-19(22)20(12-16)27-3/h9-13,18H,4-8H2,1-3H3,(H,24,26)/b23-13-. The molecule has 1 saturated carbocycles. The smallest absolute Gasteiger partial charge is 0.271 e. The van der Waals surface area contributed by atoms with E-state index in [0.717, 1.165) is 9.13 Å². The van der Waals surface area contributed by atoms with Crippen LogP contribution < -0.4 is 10.2 Å². The largest absolute Gasteiger partial charge is 0.496 e. The van der Waals surface area contributed by atoms with Gasteiger partial charge in [0.2, 0.25) is 0 Å². The topological polar surface area (TPSA) is 55.6 Å². The van der Waals surface area contributed by atoms with Crippen LogP contribution >= 0.6 is 22.6 Å². The molecule has 0 aliphatic heterocycles. The molecule has 0 bridgehead atoms. The average Bonchev–Trinajstić information content (AvgIpc) is 2.96. The number of hydrogen-bond acceptors (Lipinski definition) is 3. The summed E-state index contributed by atoms with van der Waals surface area (Å²) in [7, 11) is 1.60. The Balaban J connectivity index is 1.70. The fourth-order valence-corrected chi connectivity index (χ4v) is 4.42. The van der Waals surface area contributed by atoms with E-state index < -0.39 is 0 Å². The van der Waals surface area contributed by atoms with Crippen LogP contribution in [0, 0.1) is 17.4 Å². The predicted octanol–water partition coefficient (Wildman–Crippen LogP) is 4.99. The monoisotopic (exact) mass is 479 g/mol. The van der Waals surface area contributed by atoms with E-state index in [1.54, 1.807) is 25.5 Å². The summed E-state index contributed by atoms with van der Waals surface area (Å²) >= 11 is 2.18. The first kappa shape index (κ1) is 19.9. The highest BCUT2D eigenvalue weighted by Gasteiger charge is 2.19. The SMILES string of the molecule is COc1cc(C(=O)N/N=C\c2cc(C)n(C3CCCCC3)c2C)ccc1I. The van der Waals surface area contributed by atoms with E-state index in [-0.39, 0.29) is 5.91 Å². The van der Waals surface area contributed by atoms with Crippen molar-refractivity contribution in [2.75, 3.05) is 7.11 Å². The second-order valence-corrected chi connectivity index (χ2v) is 8.20. The van der Waals surface area contributed by atoms with Crippen LogP contribution in [0.4, 0.5) is 0 Å². The van der Waals surface area contributed by atoms with Crippen molar-refractivity contribution in [2.45, 2.75) is 52.0 Å². The predicted molar refractivity (Wildman–Crippen MR) is 117 cm³/mol. The summed E-state index contributed by atoms with van der Waals surface area (Å²) in [6.07, 6.45) is 8.20. The number of hydrazone groups is 1. The number of amides is 1. The third-order valence-electron chi connectivity index (χ3n) is 5.25. The van der Waals surface area contributed by atoms with E-state index >= 15 is 0 Å². The Hall–Kier alpha value is -1.83. The third-order valence-corrected chi connectivity index (χ3v) is 6.14. The van der Waals surface area contributed by atoms with E-state index in [2.05, 4.69) is 57.6 Å². The molecule has 0 saturated heterocycles. The molecule has 1 amide bonds. The van der Waals surface area contributed by atoms with Gasteiger partial charge in [-0.25, -0.2) is 5.43 Å². The van der Waals surface area contributed by atoms with Crippen LogP contribution in [-0.2, 0) is 0 Å². The lowest BCUT2D eigenvalue weighted by Crippen LogP contribution is -2.18. The minimum Gasteiger partial charge on any atom is -0.496 e. The van der Waals surface area contributed by atoms with Gasteiger partial charge in [0, 0.05) is 28.6 Å². The lowest BCUT2D eigenvalue weighted by Gasteiger charge is -2.26. The molecule has 1 N–H and O–H groups in total. The lowest BCUT2D eigenvalue weighted by molar-refractivity contribution is 0.0954. The number of aryl methyl sites for hydroxylation is 1. The van der Waals surface area contributed by atoms with Gasteiger partial charge in [0.15, 0.2) is 0 Å². The molecule has 1 aliphatic carbocycles. The first-order chi connectivity index (χ1) is 13.0. The Labute approximate surface area is 174 Å². The second kappa shape index (κ2) is 8.91. The van der Waals surface area contributed by atoms with Gasteiger partial charge in [-0.1, -0.05) is 19.3 Å². The van der Waals surface area contributed by atoms with Gasteiger partial charge in [0.25, 0.3) is 5.91 Å². The van der Waals surface area contributed by atoms with Gasteiger partial charge in [0.1, 0.15) is 5.75 Å². The van der Waals surface area contributed by atoms with Gasteiger partial charge in [0.05, 0.1) is 16.9 Å². The highest BCUT2D eigenvalue weighted by molar-refractivity contribution is 14.1. The molecule has 0 unspecified atom stereocenters. The molecule has 5 nitrogen and oxygen atoms in total. The molecule has 0 atom stereocenters. The number of nitrogens with one attached hydrogen (secondary N) is 1. The van der Waals surface area contributed by atoms with Crippen molar-refractivity contribution < 1.29 is 9.53 Å². The number of benzene rings is 1. The Bertz CT molecular complexity index is 851. The number of aromatic nitrogens is 1. The fraction of sp³-hybridized carbons (Fsp3) is 0.429. The van der Waals surface area contributed by atoms with Crippen molar-refractivity contribution in [1.82, 2.24) is 9.99 Å². The summed E-state index contributed by atoms with van der Waals surface area (Å²) in [6, 6.07) is 8.09. The van der Waals surface area contributed by atoms with Gasteiger partial charge in [-0.2, -0.15) is 5.10 Å². The number of nitrogens with zero attached hydrogens (tertiary/aromatic N) is 2. The molecule has 0 spiro atoms. The zero-order chi connectivity index (χ0) is 19.4. The minimum atomic E-state index is -0.248. The van der Waals surface area contributed by atoms with Crippen molar-refractivity contribution in [3.8, 4) is 5.75 Å². The van der Waals surface area contributed by atoms with Crippen molar-refractivity contribution in [2.24, 2.45) is 5.10 Å². The number of ether oxygens (including phenoxy) is 1. The van der Waals surface area contributed by atoms with Crippen LogP contribution in [0.25, 0.3) is 0 Å². The minimum absolute atomic E-state index is 0.248. The van der Waals surface area contributed by atoms with Crippen LogP contribution in [0.2, 0.25) is 0 Å². The van der Waals surface area contributed by atoms with Crippen molar-refractivity contribution in [1.29, 1.82) is 0 Å². The number of methoxy groups -OCH3 is 1. The Morgan fingerprint density at radius 2 is 2.00 bits per heavy atom. The van der Waals surface area contributed by atoms with E-state index in [1.807, 2.05) is 6.07 Å². The number of carbonyl (C=O) groups excluding carboxylic acids is 1. The van der Waals surface area contributed by atoms with Crippen molar-refractivity contribution in [3.63, 3.8) is 0 Å². The van der Waals surface area contributed by atoms with Gasteiger partial charge in [-0.15, -0.1) is 0 Å². The zero-order valence-corrected chi connectivity index (χ0v) is 18.2. The molecule has 144 valence electrons. The average molecular weight is 479 g/mol. The van der Waals surface area contributed by atoms with E-state index in [4.69, 9.17) is 4.74 Å². The molecule has 6 heteroatoms. The zero-order valence-electron chi connectivity index (χ0n) is 16.1. The Morgan fingerprint density at radius 3 is 2.70 bits per heavy atom. The molecule has 0 radical (unpaired) electrons. The summed E-state index contributed by atoms with van der Waals surface area (Å²) in [5, 5.41) is 4.18. The molecule has 27 heavy (non-hydrogen) atoms. The molecular formula is C21H26IN3O2. The molecule has 3 rings (SSSR count). The van der Waals surface area contributed by atoms with Crippen LogP contribution in [-0.4, -0.2) is 23.8 Å². The molecule has 1 fully saturated rings. The maximum atomic E-state index is 12.3. The molecule has 1 heterocycles. The Kier molecular flexibility index (Phi) is 6.57. The van der Waals surface area contributed by atoms with Crippen molar-refractivity contribution in [3.05, 3.63) is 50.4 Å². The van der Waals surface area contributed by atoms with Gasteiger partial charge in [-0.05, 0) is 73.5 Å². The third kappa shape index (κ3) is 4.54. The molecule has 1 aromatic heterocycles. The summed E-state index contributed by atoms with van der Waals surface area (Å²) in [5.74, 6) is 0.435. The molecular weight excluding hydrogens is 453 g/mol. The highest BCUT2D eigenvalue weighted by Crippen LogP contribution is 2.31. The normalized spacial score (nSPS) is 15.3. The Morgan fingerprint density at radius 1 is 1.26 bits per heavy atom. The quantitative estimate of drug-likeness (QED) is 0.374. The number of carbonyl (C=O) groups is 1. The van der Waals surface area contributed by atoms with Crippen LogP contribution in [0.5, 0.6) is 5.75 Å². The summed E-state index contributed by atoms with van der Waals surface area (Å²) < 4.78 is 8.67. The van der Waals surface area contributed by atoms with Gasteiger partial charge < -0.3 is 9.30 Å². The van der Waals surface area contributed by atoms with E-state index in [9.17, 15) is 4.79 Å². The van der Waals surface area contributed by atoms with Crippen LogP contribution in [0.3, 0.4) is 0 Å². The van der Waals surface area contributed by atoms with E-state index in [0.29, 0.717) is 17.4 Å². The lowest BCUT2D eigenvalue weighted by atomic mass is 9.95. The molecule has 1 aliphatic rings. The van der Waals surface area contributed by atoms with Gasteiger partial charge >= 0.3 is 0 Å².